The molecule has 2 aromatic carbocycles. The van der Waals surface area contributed by atoms with Crippen LogP contribution in [0.25, 0.3) is 11.3 Å². The first-order chi connectivity index (χ1) is 14.4. The second-order valence-corrected chi connectivity index (χ2v) is 7.62. The minimum absolute atomic E-state index is 0.0740. The molecule has 0 fully saturated rings. The highest BCUT2D eigenvalue weighted by molar-refractivity contribution is 7.09. The predicted molar refractivity (Wildman–Crippen MR) is 112 cm³/mol. The van der Waals surface area contributed by atoms with Crippen molar-refractivity contribution in [3.05, 3.63) is 63.0 Å². The lowest BCUT2D eigenvalue weighted by atomic mass is 10.1. The summed E-state index contributed by atoms with van der Waals surface area (Å²) in [7, 11) is 0. The largest absolute Gasteiger partial charge is 0.482 e. The van der Waals surface area contributed by atoms with Gasteiger partial charge in [-0.15, -0.1) is 11.3 Å². The Hall–Kier alpha value is -3.79. The van der Waals surface area contributed by atoms with Gasteiger partial charge in [-0.05, 0) is 37.3 Å². The number of carbonyl (C=O) groups excluding carboxylic acids is 2. The molecule has 0 atom stereocenters. The van der Waals surface area contributed by atoms with E-state index in [1.54, 1.807) is 12.1 Å². The minimum atomic E-state index is -0.518. The van der Waals surface area contributed by atoms with Crippen molar-refractivity contribution in [1.82, 2.24) is 4.98 Å². The van der Waals surface area contributed by atoms with Crippen molar-refractivity contribution in [3.8, 4) is 17.0 Å². The number of amides is 2. The van der Waals surface area contributed by atoms with Gasteiger partial charge in [0.1, 0.15) is 12.3 Å². The highest BCUT2D eigenvalue weighted by atomic mass is 32.1. The minimum Gasteiger partial charge on any atom is -0.482 e. The summed E-state index contributed by atoms with van der Waals surface area (Å²) in [5, 5.41) is 16.2. The van der Waals surface area contributed by atoms with Crippen LogP contribution < -0.4 is 15.0 Å². The van der Waals surface area contributed by atoms with Crippen LogP contribution in [-0.2, 0) is 9.59 Å². The van der Waals surface area contributed by atoms with Crippen LogP contribution in [0.3, 0.4) is 0 Å². The molecule has 0 saturated carbocycles. The second-order valence-electron chi connectivity index (χ2n) is 6.55. The van der Waals surface area contributed by atoms with Crippen LogP contribution >= 0.6 is 11.3 Å². The summed E-state index contributed by atoms with van der Waals surface area (Å²) in [4.78, 5) is 41.0. The number of aryl methyl sites for hydroxylation is 1. The number of hydrogen-bond donors (Lipinski definition) is 1. The molecule has 0 bridgehead atoms. The Labute approximate surface area is 175 Å². The summed E-state index contributed by atoms with van der Waals surface area (Å²) in [6.07, 6.45) is 0. The number of aromatic nitrogens is 1. The highest BCUT2D eigenvalue weighted by Gasteiger charge is 2.28. The van der Waals surface area contributed by atoms with Gasteiger partial charge in [0.15, 0.2) is 6.61 Å². The van der Waals surface area contributed by atoms with E-state index in [0.29, 0.717) is 17.1 Å². The molecule has 30 heavy (non-hydrogen) atoms. The molecule has 2 amide bonds. The van der Waals surface area contributed by atoms with Crippen LogP contribution in [0.15, 0.2) is 47.8 Å². The third-order valence-electron chi connectivity index (χ3n) is 4.48. The molecular formula is C20H16N4O5S. The Bertz CT molecular complexity index is 1140. The molecule has 0 spiro atoms. The molecule has 152 valence electrons. The van der Waals surface area contributed by atoms with Crippen molar-refractivity contribution in [2.75, 3.05) is 23.4 Å². The first-order valence-corrected chi connectivity index (χ1v) is 9.83. The van der Waals surface area contributed by atoms with Gasteiger partial charge in [0.2, 0.25) is 5.91 Å². The Morgan fingerprint density at radius 3 is 2.73 bits per heavy atom. The molecule has 9 nitrogen and oxygen atoms in total. The molecule has 1 aliphatic rings. The Morgan fingerprint density at radius 2 is 2.07 bits per heavy atom. The van der Waals surface area contributed by atoms with Gasteiger partial charge in [-0.1, -0.05) is 0 Å². The SMILES string of the molecule is Cc1nc(-c2ccc3c(c2)N(CC(=O)Nc2ccc([N+](=O)[O-])cc2)C(=O)CO3)cs1. The molecule has 3 aromatic rings. The van der Waals surface area contributed by atoms with Crippen LogP contribution in [0.5, 0.6) is 5.75 Å². The molecule has 0 saturated heterocycles. The fraction of sp³-hybridized carbons (Fsp3) is 0.150. The summed E-state index contributed by atoms with van der Waals surface area (Å²) in [5.74, 6) is -0.263. The van der Waals surface area contributed by atoms with E-state index in [-0.39, 0.29) is 24.7 Å². The van der Waals surface area contributed by atoms with Crippen LogP contribution in [-0.4, -0.2) is 34.9 Å². The van der Waals surface area contributed by atoms with Gasteiger partial charge < -0.3 is 10.1 Å². The van der Waals surface area contributed by atoms with Crippen LogP contribution in [0.1, 0.15) is 5.01 Å². The molecule has 10 heteroatoms. The zero-order chi connectivity index (χ0) is 21.3. The maximum absolute atomic E-state index is 12.5. The van der Waals surface area contributed by atoms with Gasteiger partial charge in [-0.25, -0.2) is 4.98 Å². The number of rotatable bonds is 5. The first-order valence-electron chi connectivity index (χ1n) is 8.95. The average Bonchev–Trinajstić information content (AvgIpc) is 3.16. The van der Waals surface area contributed by atoms with E-state index in [0.717, 1.165) is 16.3 Å². The Kier molecular flexibility index (Phi) is 5.15. The number of anilines is 2. The first kappa shape index (κ1) is 19.5. The second kappa shape index (κ2) is 7.91. The van der Waals surface area contributed by atoms with Crippen molar-refractivity contribution in [3.63, 3.8) is 0 Å². The fourth-order valence-corrected chi connectivity index (χ4v) is 3.66. The standard InChI is InChI=1S/C20H16N4O5S/c1-12-21-16(11-30-12)13-2-7-18-17(8-13)23(20(26)10-29-18)9-19(25)22-14-3-5-15(6-4-14)24(27)28/h2-8,11H,9-10H2,1H3,(H,22,25). The number of carbonyl (C=O) groups is 2. The van der Waals surface area contributed by atoms with E-state index >= 15 is 0 Å². The van der Waals surface area contributed by atoms with Gasteiger partial charge in [0.05, 0.1) is 21.3 Å². The number of fused-ring (bicyclic) bond motifs is 1. The normalized spacial score (nSPS) is 12.8. The van der Waals surface area contributed by atoms with Crippen LogP contribution in [0.4, 0.5) is 17.1 Å². The lowest BCUT2D eigenvalue weighted by Crippen LogP contribution is -2.43. The van der Waals surface area contributed by atoms with Gasteiger partial charge >= 0.3 is 0 Å². The van der Waals surface area contributed by atoms with Gasteiger partial charge in [0.25, 0.3) is 11.6 Å². The van der Waals surface area contributed by atoms with E-state index < -0.39 is 10.8 Å². The summed E-state index contributed by atoms with van der Waals surface area (Å²) >= 11 is 1.52. The molecule has 1 aliphatic heterocycles. The van der Waals surface area contributed by atoms with Crippen LogP contribution in [0, 0.1) is 17.0 Å². The fourth-order valence-electron chi connectivity index (χ4n) is 3.04. The number of nitrogens with one attached hydrogen (secondary N) is 1. The molecular weight excluding hydrogens is 408 g/mol. The Morgan fingerprint density at radius 1 is 1.30 bits per heavy atom. The number of hydrogen-bond acceptors (Lipinski definition) is 7. The summed E-state index contributed by atoms with van der Waals surface area (Å²) in [5.41, 5.74) is 2.42. The zero-order valence-corrected chi connectivity index (χ0v) is 16.6. The number of non-ortho nitro benzene ring substituents is 1. The van der Waals surface area contributed by atoms with E-state index in [2.05, 4.69) is 10.3 Å². The lowest BCUT2D eigenvalue weighted by molar-refractivity contribution is -0.384. The molecule has 0 radical (unpaired) electrons. The van der Waals surface area contributed by atoms with Crippen molar-refractivity contribution in [2.24, 2.45) is 0 Å². The molecule has 0 aliphatic carbocycles. The number of benzene rings is 2. The van der Waals surface area contributed by atoms with Crippen molar-refractivity contribution >= 4 is 40.2 Å². The molecule has 1 N–H and O–H groups in total. The smallest absolute Gasteiger partial charge is 0.269 e. The van der Waals surface area contributed by atoms with Crippen molar-refractivity contribution in [1.29, 1.82) is 0 Å². The van der Waals surface area contributed by atoms with Crippen molar-refractivity contribution < 1.29 is 19.2 Å². The number of thiazole rings is 1. The summed E-state index contributed by atoms with van der Waals surface area (Å²) in [6, 6.07) is 10.9. The van der Waals surface area contributed by atoms with Gasteiger partial charge in [-0.3, -0.25) is 24.6 Å². The van der Waals surface area contributed by atoms with E-state index in [1.807, 2.05) is 18.4 Å². The van der Waals surface area contributed by atoms with Crippen LogP contribution in [0.2, 0.25) is 0 Å². The van der Waals surface area contributed by atoms with E-state index in [9.17, 15) is 19.7 Å². The molecule has 0 unspecified atom stereocenters. The maximum atomic E-state index is 12.5. The maximum Gasteiger partial charge on any atom is 0.269 e. The topological polar surface area (TPSA) is 115 Å². The number of nitro groups is 1. The van der Waals surface area contributed by atoms with Gasteiger partial charge in [-0.2, -0.15) is 0 Å². The molecule has 1 aromatic heterocycles. The third kappa shape index (κ3) is 3.98. The lowest BCUT2D eigenvalue weighted by Gasteiger charge is -2.29. The summed E-state index contributed by atoms with van der Waals surface area (Å²) < 4.78 is 5.49. The number of ether oxygens (including phenoxy) is 1. The average molecular weight is 424 g/mol. The third-order valence-corrected chi connectivity index (χ3v) is 5.25. The summed E-state index contributed by atoms with van der Waals surface area (Å²) in [6.45, 7) is 1.53. The Balaban J connectivity index is 1.54. The number of nitro benzene ring substituents is 1. The monoisotopic (exact) mass is 424 g/mol. The highest BCUT2D eigenvalue weighted by Crippen LogP contribution is 2.36. The van der Waals surface area contributed by atoms with E-state index in [1.165, 1.54) is 40.5 Å². The quantitative estimate of drug-likeness (QED) is 0.496. The molecule has 4 rings (SSSR count). The van der Waals surface area contributed by atoms with E-state index in [4.69, 9.17) is 4.74 Å². The zero-order valence-electron chi connectivity index (χ0n) is 15.8. The van der Waals surface area contributed by atoms with Crippen molar-refractivity contribution in [2.45, 2.75) is 6.92 Å². The predicted octanol–water partition coefficient (Wildman–Crippen LogP) is 3.39. The molecule has 2 heterocycles. The number of nitrogens with zero attached hydrogens (tertiary/aromatic N) is 3. The van der Waals surface area contributed by atoms with Gasteiger partial charge in [0, 0.05) is 28.8 Å².